The largest absolute Gasteiger partial charge is 0.394 e. The lowest BCUT2D eigenvalue weighted by Gasteiger charge is -2.36. The van der Waals surface area contributed by atoms with Crippen LogP contribution in [0.1, 0.15) is 25.1 Å². The number of aliphatic hydroxyl groups is 1. The van der Waals surface area contributed by atoms with Crippen LogP contribution in [-0.2, 0) is 17.2 Å². The van der Waals surface area contributed by atoms with Gasteiger partial charge in [0, 0.05) is 49.1 Å². The minimum absolute atomic E-state index is 0.00239. The maximum atomic E-state index is 12.6. The quantitative estimate of drug-likeness (QED) is 0.681. The van der Waals surface area contributed by atoms with Gasteiger partial charge in [-0.1, -0.05) is 25.4 Å². The van der Waals surface area contributed by atoms with Crippen LogP contribution >= 0.6 is 11.6 Å². The van der Waals surface area contributed by atoms with Gasteiger partial charge in [0.15, 0.2) is 0 Å². The lowest BCUT2D eigenvalue weighted by molar-refractivity contribution is 0.249. The summed E-state index contributed by atoms with van der Waals surface area (Å²) in [5, 5.41) is 13.9. The first-order valence-electron chi connectivity index (χ1n) is 10.8. The predicted octanol–water partition coefficient (Wildman–Crippen LogP) is 2.86. The molecule has 2 N–H and O–H groups in total. The van der Waals surface area contributed by atoms with Crippen LogP contribution in [0.25, 0.3) is 0 Å². The van der Waals surface area contributed by atoms with E-state index < -0.39 is 10.8 Å². The van der Waals surface area contributed by atoms with Gasteiger partial charge in [-0.25, -0.2) is 4.98 Å². The van der Waals surface area contributed by atoms with Crippen molar-refractivity contribution in [3.63, 3.8) is 0 Å². The number of piperazine rings is 1. The fraction of sp³-hybridized carbons (Fsp3) is 0.545. The molecule has 2 aromatic rings. The molecular weight excluding hydrogens is 434 g/mol. The van der Waals surface area contributed by atoms with E-state index in [0.29, 0.717) is 28.8 Å². The van der Waals surface area contributed by atoms with Crippen molar-refractivity contribution in [1.82, 2.24) is 9.97 Å². The van der Waals surface area contributed by atoms with Crippen molar-refractivity contribution in [2.45, 2.75) is 38.1 Å². The average Bonchev–Trinajstić information content (AvgIpc) is 3.14. The highest BCUT2D eigenvalue weighted by molar-refractivity contribution is 7.85. The van der Waals surface area contributed by atoms with Crippen LogP contribution in [0.15, 0.2) is 23.1 Å². The molecule has 2 aliphatic heterocycles. The average molecular weight is 464 g/mol. The lowest BCUT2D eigenvalue weighted by atomic mass is 10.1. The number of fused-ring (bicyclic) bond motifs is 1. The van der Waals surface area contributed by atoms with Crippen molar-refractivity contribution in [2.75, 3.05) is 53.7 Å². The number of aromatic nitrogens is 2. The highest BCUT2D eigenvalue weighted by Crippen LogP contribution is 2.31. The van der Waals surface area contributed by atoms with Crippen molar-refractivity contribution in [1.29, 1.82) is 0 Å². The van der Waals surface area contributed by atoms with Gasteiger partial charge in [-0.3, -0.25) is 4.21 Å². The molecule has 0 saturated carbocycles. The van der Waals surface area contributed by atoms with Crippen molar-refractivity contribution in [2.24, 2.45) is 5.92 Å². The van der Waals surface area contributed by atoms with E-state index in [1.165, 1.54) is 5.69 Å². The van der Waals surface area contributed by atoms with Gasteiger partial charge in [-0.15, -0.1) is 0 Å². The molecule has 9 heteroatoms. The van der Waals surface area contributed by atoms with E-state index in [-0.39, 0.29) is 18.6 Å². The number of nitrogens with zero attached hydrogens (tertiary/aromatic N) is 4. The number of rotatable bonds is 6. The molecule has 0 radical (unpaired) electrons. The van der Waals surface area contributed by atoms with Crippen molar-refractivity contribution in [3.8, 4) is 0 Å². The maximum absolute atomic E-state index is 12.6. The van der Waals surface area contributed by atoms with Gasteiger partial charge < -0.3 is 20.2 Å². The third kappa shape index (κ3) is 4.66. The number of aryl methyl sites for hydroxylation is 2. The molecule has 1 aromatic heterocycles. The maximum Gasteiger partial charge on any atom is 0.227 e. The van der Waals surface area contributed by atoms with Crippen molar-refractivity contribution in [3.05, 3.63) is 34.5 Å². The zero-order valence-corrected chi connectivity index (χ0v) is 19.8. The first kappa shape index (κ1) is 22.3. The van der Waals surface area contributed by atoms with Gasteiger partial charge in [0.05, 0.1) is 29.1 Å². The Labute approximate surface area is 191 Å². The Bertz CT molecular complexity index is 979. The summed E-state index contributed by atoms with van der Waals surface area (Å²) in [5.74, 6) is 2.09. The number of aliphatic hydroxyl groups excluding tert-OH is 1. The molecular formula is C22H30ClN5O2S. The number of anilines is 3. The Morgan fingerprint density at radius 1 is 1.19 bits per heavy atom. The fourth-order valence-electron chi connectivity index (χ4n) is 4.01. The molecule has 168 valence electrons. The second-order valence-electron chi connectivity index (χ2n) is 8.53. The molecule has 31 heavy (non-hydrogen) atoms. The molecule has 3 heterocycles. The molecule has 2 atom stereocenters. The van der Waals surface area contributed by atoms with E-state index >= 15 is 0 Å². The third-order valence-corrected chi connectivity index (χ3v) is 7.95. The number of hydrogen-bond acceptors (Lipinski definition) is 7. The molecule has 1 saturated heterocycles. The van der Waals surface area contributed by atoms with Crippen LogP contribution < -0.4 is 15.1 Å². The van der Waals surface area contributed by atoms with E-state index in [1.54, 1.807) is 0 Å². The number of halogens is 1. The first-order chi connectivity index (χ1) is 14.9. The Balaban J connectivity index is 1.54. The summed E-state index contributed by atoms with van der Waals surface area (Å²) < 4.78 is 12.6. The second-order valence-corrected chi connectivity index (χ2v) is 10.4. The minimum Gasteiger partial charge on any atom is -0.394 e. The van der Waals surface area contributed by atoms with Gasteiger partial charge in [0.2, 0.25) is 5.95 Å². The Kier molecular flexibility index (Phi) is 6.69. The first-order valence-corrected chi connectivity index (χ1v) is 12.5. The van der Waals surface area contributed by atoms with Crippen LogP contribution in [0.5, 0.6) is 0 Å². The number of hydrogen-bond donors (Lipinski definition) is 2. The van der Waals surface area contributed by atoms with Crippen LogP contribution in [0.2, 0.25) is 5.02 Å². The fourth-order valence-corrected chi connectivity index (χ4v) is 5.44. The van der Waals surface area contributed by atoms with Crippen LogP contribution in [0.4, 0.5) is 17.5 Å². The van der Waals surface area contributed by atoms with Gasteiger partial charge >= 0.3 is 0 Å². The molecule has 1 unspecified atom stereocenters. The SMILES string of the molecule is Cc1cc(N2CCN(c3nc4c(c(NC(CO)C(C)C)n3)[S@](=O)CC4)CC2)ccc1Cl. The summed E-state index contributed by atoms with van der Waals surface area (Å²) in [6.45, 7) is 9.44. The summed E-state index contributed by atoms with van der Waals surface area (Å²) in [5.41, 5.74) is 3.12. The highest BCUT2D eigenvalue weighted by atomic mass is 35.5. The molecule has 7 nitrogen and oxygen atoms in total. The number of nitrogens with one attached hydrogen (secondary N) is 1. The molecule has 2 aliphatic rings. The Morgan fingerprint density at radius 2 is 1.90 bits per heavy atom. The van der Waals surface area contributed by atoms with Gasteiger partial charge in [-0.05, 0) is 36.6 Å². The molecule has 0 aliphatic carbocycles. The summed E-state index contributed by atoms with van der Waals surface area (Å²) in [6, 6.07) is 6.00. The van der Waals surface area contributed by atoms with E-state index in [0.717, 1.165) is 42.5 Å². The van der Waals surface area contributed by atoms with Crippen LogP contribution in [0.3, 0.4) is 0 Å². The summed E-state index contributed by atoms with van der Waals surface area (Å²) in [7, 11) is -1.10. The lowest BCUT2D eigenvalue weighted by Crippen LogP contribution is -2.47. The molecule has 1 fully saturated rings. The summed E-state index contributed by atoms with van der Waals surface area (Å²) in [4.78, 5) is 14.8. The highest BCUT2D eigenvalue weighted by Gasteiger charge is 2.29. The molecule has 0 bridgehead atoms. The summed E-state index contributed by atoms with van der Waals surface area (Å²) in [6.07, 6.45) is 0.696. The monoisotopic (exact) mass is 463 g/mol. The van der Waals surface area contributed by atoms with E-state index in [4.69, 9.17) is 21.6 Å². The molecule has 0 amide bonds. The van der Waals surface area contributed by atoms with Crippen molar-refractivity contribution < 1.29 is 9.32 Å². The van der Waals surface area contributed by atoms with E-state index in [2.05, 4.69) is 27.2 Å². The summed E-state index contributed by atoms with van der Waals surface area (Å²) >= 11 is 6.17. The van der Waals surface area contributed by atoms with Gasteiger partial charge in [0.25, 0.3) is 0 Å². The zero-order chi connectivity index (χ0) is 22.1. The smallest absolute Gasteiger partial charge is 0.227 e. The molecule has 0 spiro atoms. The predicted molar refractivity (Wildman–Crippen MR) is 127 cm³/mol. The number of benzene rings is 1. The van der Waals surface area contributed by atoms with Crippen molar-refractivity contribution >= 4 is 39.9 Å². The topological polar surface area (TPSA) is 81.6 Å². The molecule has 1 aromatic carbocycles. The zero-order valence-electron chi connectivity index (χ0n) is 18.3. The van der Waals surface area contributed by atoms with E-state index in [9.17, 15) is 9.32 Å². The molecule has 4 rings (SSSR count). The van der Waals surface area contributed by atoms with Crippen LogP contribution in [0, 0.1) is 12.8 Å². The van der Waals surface area contributed by atoms with Crippen LogP contribution in [-0.4, -0.2) is 63.9 Å². The Morgan fingerprint density at radius 3 is 2.55 bits per heavy atom. The second kappa shape index (κ2) is 9.30. The van der Waals surface area contributed by atoms with Gasteiger partial charge in [-0.2, -0.15) is 4.98 Å². The Hall–Kier alpha value is -1.90. The normalized spacial score (nSPS) is 19.6. The standard InChI is InChI=1S/C22H30ClN5O2S/c1-14(2)19(13-29)24-21-20-18(6-11-31(20)30)25-22(26-21)28-9-7-27(8-10-28)16-4-5-17(23)15(3)12-16/h4-5,12,14,19,29H,6-11,13H2,1-3H3,(H,24,25,26)/t19?,31-/m1/s1. The van der Waals surface area contributed by atoms with E-state index in [1.807, 2.05) is 26.8 Å². The minimum atomic E-state index is -1.10. The third-order valence-electron chi connectivity index (χ3n) is 6.07. The van der Waals surface area contributed by atoms with Gasteiger partial charge in [0.1, 0.15) is 10.7 Å².